The summed E-state index contributed by atoms with van der Waals surface area (Å²) >= 11 is 0. The maximum absolute atomic E-state index is 13.0. The molecule has 168 valence electrons. The first-order valence-corrected chi connectivity index (χ1v) is 10.7. The van der Waals surface area contributed by atoms with Gasteiger partial charge < -0.3 is 14.8 Å². The predicted molar refractivity (Wildman–Crippen MR) is 124 cm³/mol. The molecule has 1 amide bonds. The number of hydrogen-bond donors (Lipinski definition) is 1. The molecule has 4 aromatic rings. The van der Waals surface area contributed by atoms with E-state index in [0.717, 1.165) is 33.5 Å². The van der Waals surface area contributed by atoms with Crippen molar-refractivity contribution in [1.29, 1.82) is 0 Å². The predicted octanol–water partition coefficient (Wildman–Crippen LogP) is 3.16. The number of ether oxygens (including phenoxy) is 2. The Labute approximate surface area is 190 Å². The van der Waals surface area contributed by atoms with E-state index in [0.29, 0.717) is 23.7 Å². The number of rotatable bonds is 5. The van der Waals surface area contributed by atoms with Crippen LogP contribution in [0.2, 0.25) is 0 Å². The molecule has 0 atom stereocenters. The topological polar surface area (TPSA) is 87.4 Å². The van der Waals surface area contributed by atoms with Crippen LogP contribution in [0.1, 0.15) is 22.4 Å². The molecule has 1 aliphatic heterocycles. The molecule has 0 radical (unpaired) electrons. The highest BCUT2D eigenvalue weighted by Gasteiger charge is 2.19. The fourth-order valence-electron chi connectivity index (χ4n) is 4.14. The summed E-state index contributed by atoms with van der Waals surface area (Å²) in [6, 6.07) is 15.0. The van der Waals surface area contributed by atoms with Gasteiger partial charge in [-0.1, -0.05) is 23.8 Å². The average molecular weight is 444 g/mol. The van der Waals surface area contributed by atoms with Gasteiger partial charge in [-0.05, 0) is 56.2 Å². The molecule has 0 fully saturated rings. The van der Waals surface area contributed by atoms with Gasteiger partial charge in [0.15, 0.2) is 11.5 Å². The highest BCUT2D eigenvalue weighted by Crippen LogP contribution is 2.32. The summed E-state index contributed by atoms with van der Waals surface area (Å²) in [7, 11) is 0. The van der Waals surface area contributed by atoms with E-state index >= 15 is 0 Å². The van der Waals surface area contributed by atoms with E-state index in [1.807, 2.05) is 63.2 Å². The van der Waals surface area contributed by atoms with Crippen molar-refractivity contribution >= 4 is 16.9 Å². The molecule has 2 aromatic heterocycles. The Hall–Kier alpha value is -4.07. The summed E-state index contributed by atoms with van der Waals surface area (Å²) in [6.45, 7) is 6.22. The van der Waals surface area contributed by atoms with Crippen LogP contribution in [0.3, 0.4) is 0 Å². The van der Waals surface area contributed by atoms with Gasteiger partial charge in [-0.2, -0.15) is 5.10 Å². The molecule has 1 aliphatic rings. The third-order valence-corrected chi connectivity index (χ3v) is 5.80. The van der Waals surface area contributed by atoms with Gasteiger partial charge in [0, 0.05) is 18.0 Å². The van der Waals surface area contributed by atoms with E-state index in [1.54, 1.807) is 10.7 Å². The van der Waals surface area contributed by atoms with Gasteiger partial charge in [0.1, 0.15) is 12.2 Å². The molecule has 8 nitrogen and oxygen atoms in total. The largest absolute Gasteiger partial charge is 0.454 e. The molecule has 8 heteroatoms. The van der Waals surface area contributed by atoms with Crippen LogP contribution in [-0.4, -0.2) is 27.0 Å². The van der Waals surface area contributed by atoms with Crippen LogP contribution in [0.4, 0.5) is 0 Å². The summed E-state index contributed by atoms with van der Waals surface area (Å²) in [6.07, 6.45) is 0. The average Bonchev–Trinajstić information content (AvgIpc) is 3.40. The summed E-state index contributed by atoms with van der Waals surface area (Å²) < 4.78 is 13.9. The monoisotopic (exact) mass is 444 g/mol. The Bertz CT molecular complexity index is 1430. The highest BCUT2D eigenvalue weighted by molar-refractivity contribution is 5.85. The number of nitrogens with one attached hydrogen (secondary N) is 1. The summed E-state index contributed by atoms with van der Waals surface area (Å²) in [4.78, 5) is 25.8. The van der Waals surface area contributed by atoms with Gasteiger partial charge in [0.25, 0.3) is 5.56 Å². The van der Waals surface area contributed by atoms with E-state index < -0.39 is 0 Å². The first kappa shape index (κ1) is 20.8. The zero-order chi connectivity index (χ0) is 23.1. The first-order chi connectivity index (χ1) is 15.9. The fraction of sp³-hybridized carbons (Fsp3) is 0.240. The number of hydrogen-bond acceptors (Lipinski definition) is 5. The quantitative estimate of drug-likeness (QED) is 0.511. The number of nitrogens with zero attached hydrogens (tertiary/aromatic N) is 3. The smallest absolute Gasteiger partial charge is 0.252 e. The summed E-state index contributed by atoms with van der Waals surface area (Å²) in [5.74, 6) is 1.09. The fourth-order valence-corrected chi connectivity index (χ4v) is 4.14. The molecule has 0 aliphatic carbocycles. The molecule has 0 spiro atoms. The zero-order valence-corrected chi connectivity index (χ0v) is 18.7. The van der Waals surface area contributed by atoms with Gasteiger partial charge in [-0.25, -0.2) is 4.68 Å². The normalized spacial score (nSPS) is 12.3. The van der Waals surface area contributed by atoms with Crippen LogP contribution in [0.25, 0.3) is 16.7 Å². The summed E-state index contributed by atoms with van der Waals surface area (Å²) in [5, 5.41) is 8.45. The second-order valence-electron chi connectivity index (χ2n) is 8.25. The Balaban J connectivity index is 1.46. The van der Waals surface area contributed by atoms with Gasteiger partial charge in [-0.3, -0.25) is 14.2 Å². The minimum absolute atomic E-state index is 0.114. The van der Waals surface area contributed by atoms with Crippen LogP contribution in [0.5, 0.6) is 11.5 Å². The lowest BCUT2D eigenvalue weighted by molar-refractivity contribution is -0.121. The second kappa shape index (κ2) is 8.12. The maximum atomic E-state index is 13.0. The van der Waals surface area contributed by atoms with E-state index in [4.69, 9.17) is 9.47 Å². The number of benzene rings is 2. The van der Waals surface area contributed by atoms with E-state index in [9.17, 15) is 9.59 Å². The van der Waals surface area contributed by atoms with Crippen LogP contribution in [0, 0.1) is 20.8 Å². The third kappa shape index (κ3) is 3.84. The number of amides is 1. The Morgan fingerprint density at radius 1 is 1.03 bits per heavy atom. The molecular formula is C25H24N4O4. The lowest BCUT2D eigenvalue weighted by atomic mass is 10.1. The lowest BCUT2D eigenvalue weighted by Gasteiger charge is -2.13. The van der Waals surface area contributed by atoms with Crippen LogP contribution in [-0.2, 0) is 17.9 Å². The van der Waals surface area contributed by atoms with E-state index in [2.05, 4.69) is 10.4 Å². The highest BCUT2D eigenvalue weighted by atomic mass is 16.7. The van der Waals surface area contributed by atoms with E-state index in [1.165, 1.54) is 4.57 Å². The Kier molecular flexibility index (Phi) is 5.12. The van der Waals surface area contributed by atoms with Gasteiger partial charge >= 0.3 is 0 Å². The van der Waals surface area contributed by atoms with Gasteiger partial charge in [0.2, 0.25) is 12.7 Å². The Morgan fingerprint density at radius 3 is 2.58 bits per heavy atom. The lowest BCUT2D eigenvalue weighted by Crippen LogP contribution is -2.32. The maximum Gasteiger partial charge on any atom is 0.252 e. The molecule has 0 bridgehead atoms. The zero-order valence-electron chi connectivity index (χ0n) is 18.7. The number of pyridine rings is 1. The van der Waals surface area contributed by atoms with E-state index in [-0.39, 0.29) is 24.8 Å². The van der Waals surface area contributed by atoms with Crippen molar-refractivity contribution in [1.82, 2.24) is 19.7 Å². The van der Waals surface area contributed by atoms with Crippen molar-refractivity contribution in [3.05, 3.63) is 81.3 Å². The number of carbonyl (C=O) groups is 1. The number of aryl methyl sites for hydroxylation is 3. The standard InChI is InChI=1S/C25H24N4O4/c1-15-4-7-19(8-5-15)29-25-24(17(3)27-29)16(2)10-23(31)28(25)13-22(30)26-12-18-6-9-20-21(11-18)33-14-32-20/h4-11H,12-14H2,1-3H3,(H,26,30). The van der Waals surface area contributed by atoms with Crippen LogP contribution >= 0.6 is 0 Å². The van der Waals surface area contributed by atoms with Crippen molar-refractivity contribution in [2.45, 2.75) is 33.9 Å². The van der Waals surface area contributed by atoms with Gasteiger partial charge in [-0.15, -0.1) is 0 Å². The number of aromatic nitrogens is 3. The summed E-state index contributed by atoms with van der Waals surface area (Å²) in [5.41, 5.74) is 4.85. The third-order valence-electron chi connectivity index (χ3n) is 5.80. The number of carbonyl (C=O) groups excluding carboxylic acids is 1. The van der Waals surface area contributed by atoms with Gasteiger partial charge in [0.05, 0.1) is 11.4 Å². The number of fused-ring (bicyclic) bond motifs is 2. The van der Waals surface area contributed by atoms with Crippen molar-refractivity contribution in [2.75, 3.05) is 6.79 Å². The molecule has 33 heavy (non-hydrogen) atoms. The first-order valence-electron chi connectivity index (χ1n) is 10.7. The molecule has 5 rings (SSSR count). The molecule has 1 N–H and O–H groups in total. The van der Waals surface area contributed by atoms with Crippen LogP contribution in [0.15, 0.2) is 53.3 Å². The molecule has 0 unspecified atom stereocenters. The second-order valence-corrected chi connectivity index (χ2v) is 8.25. The van der Waals surface area contributed by atoms with Crippen molar-refractivity contribution in [2.24, 2.45) is 0 Å². The molecule has 3 heterocycles. The molecule has 2 aromatic carbocycles. The van der Waals surface area contributed by atoms with Crippen LogP contribution < -0.4 is 20.3 Å². The van der Waals surface area contributed by atoms with Crippen molar-refractivity contribution < 1.29 is 14.3 Å². The Morgan fingerprint density at radius 2 is 1.79 bits per heavy atom. The van der Waals surface area contributed by atoms with Crippen molar-refractivity contribution in [3.8, 4) is 17.2 Å². The molecular weight excluding hydrogens is 420 g/mol. The SMILES string of the molecule is Cc1ccc(-n2nc(C)c3c(C)cc(=O)n(CC(=O)NCc4ccc5c(c4)OCO5)c32)cc1. The minimum atomic E-state index is -0.269. The van der Waals surface area contributed by atoms with Crippen molar-refractivity contribution in [3.63, 3.8) is 0 Å². The molecule has 0 saturated heterocycles. The minimum Gasteiger partial charge on any atom is -0.454 e. The molecule has 0 saturated carbocycles.